The van der Waals surface area contributed by atoms with E-state index in [1.165, 1.54) is 6.08 Å². The fourth-order valence-electron chi connectivity index (χ4n) is 3.85. The molecule has 0 spiro atoms. The number of hydrogen-bond acceptors (Lipinski definition) is 6. The fourth-order valence-corrected chi connectivity index (χ4v) is 3.85. The monoisotopic (exact) mass is 446 g/mol. The first-order valence-corrected chi connectivity index (χ1v) is 11.0. The van der Waals surface area contributed by atoms with E-state index in [1.807, 2.05) is 44.2 Å². The Morgan fingerprint density at radius 2 is 1.94 bits per heavy atom. The first-order chi connectivity index (χ1) is 15.3. The van der Waals surface area contributed by atoms with Gasteiger partial charge in [0.2, 0.25) is 11.8 Å². The number of benzene rings is 1. The molecule has 1 aromatic carbocycles. The van der Waals surface area contributed by atoms with Crippen molar-refractivity contribution in [2.75, 3.05) is 13.2 Å². The molecule has 1 saturated heterocycles. The second kappa shape index (κ2) is 13.0. The molecule has 1 heterocycles. The summed E-state index contributed by atoms with van der Waals surface area (Å²) in [5.74, 6) is -3.07. The molecule has 3 N–H and O–H groups in total. The van der Waals surface area contributed by atoms with Gasteiger partial charge >= 0.3 is 5.97 Å². The molecule has 176 valence electrons. The number of nitrogens with one attached hydrogen (secondary N) is 2. The van der Waals surface area contributed by atoms with Gasteiger partial charge in [0.25, 0.3) is 0 Å². The lowest BCUT2D eigenvalue weighted by atomic mass is 9.82. The predicted molar refractivity (Wildman–Crippen MR) is 119 cm³/mol. The maximum atomic E-state index is 13.3. The van der Waals surface area contributed by atoms with E-state index in [0.717, 1.165) is 5.56 Å². The lowest BCUT2D eigenvalue weighted by molar-refractivity contribution is -0.153. The molecule has 2 unspecified atom stereocenters. The highest BCUT2D eigenvalue weighted by Gasteiger charge is 2.36. The van der Waals surface area contributed by atoms with Crippen LogP contribution in [0.3, 0.4) is 0 Å². The zero-order valence-corrected chi connectivity index (χ0v) is 18.8. The van der Waals surface area contributed by atoms with Crippen LogP contribution in [0, 0.1) is 17.8 Å². The summed E-state index contributed by atoms with van der Waals surface area (Å²) in [5.41, 5.74) is 2.52. The number of hydroxylamine groups is 1. The number of rotatable bonds is 12. The van der Waals surface area contributed by atoms with Crippen LogP contribution in [0.25, 0.3) is 0 Å². The van der Waals surface area contributed by atoms with E-state index < -0.39 is 35.7 Å². The highest BCUT2D eigenvalue weighted by atomic mass is 16.6. The molecule has 1 aliphatic heterocycles. The topological polar surface area (TPSA) is 114 Å². The van der Waals surface area contributed by atoms with Gasteiger partial charge in [-0.1, -0.05) is 50.3 Å². The molecule has 0 bridgehead atoms. The molecule has 0 aliphatic carbocycles. The maximum absolute atomic E-state index is 13.3. The van der Waals surface area contributed by atoms with E-state index >= 15 is 0 Å². The van der Waals surface area contributed by atoms with Crippen LogP contribution < -0.4 is 10.8 Å². The van der Waals surface area contributed by atoms with Gasteiger partial charge in [0.1, 0.15) is 12.1 Å². The molecule has 32 heavy (non-hydrogen) atoms. The van der Waals surface area contributed by atoms with E-state index in [9.17, 15) is 14.4 Å². The Labute approximate surface area is 189 Å². The number of amides is 2. The van der Waals surface area contributed by atoms with Crippen molar-refractivity contribution in [1.29, 1.82) is 0 Å². The maximum Gasteiger partial charge on any atom is 0.329 e. The van der Waals surface area contributed by atoms with Crippen molar-refractivity contribution in [2.24, 2.45) is 17.8 Å². The first kappa shape index (κ1) is 25.5. The van der Waals surface area contributed by atoms with Gasteiger partial charge in [0.15, 0.2) is 0 Å². The van der Waals surface area contributed by atoms with Gasteiger partial charge in [-0.05, 0) is 24.3 Å². The second-order valence-corrected chi connectivity index (χ2v) is 8.52. The molecule has 1 fully saturated rings. The Bertz CT molecular complexity index is 761. The van der Waals surface area contributed by atoms with Gasteiger partial charge in [-0.15, -0.1) is 6.58 Å². The van der Waals surface area contributed by atoms with Crippen LogP contribution in [0.4, 0.5) is 0 Å². The number of carbonyl (C=O) groups excluding carboxylic acids is 3. The van der Waals surface area contributed by atoms with Crippen molar-refractivity contribution in [2.45, 2.75) is 51.7 Å². The SMILES string of the molecule is C=CC[C@H](C(=O)NO)[C@@H](CC(C)C)C(=O)NC(Cc1ccccc1)C(=O)OC1CCOC1. The van der Waals surface area contributed by atoms with E-state index in [0.29, 0.717) is 26.1 Å². The van der Waals surface area contributed by atoms with Crippen LogP contribution in [-0.4, -0.2) is 48.4 Å². The highest BCUT2D eigenvalue weighted by molar-refractivity contribution is 5.90. The predicted octanol–water partition coefficient (Wildman–Crippen LogP) is 2.41. The summed E-state index contributed by atoms with van der Waals surface area (Å²) in [6.07, 6.45) is 2.69. The van der Waals surface area contributed by atoms with Crippen molar-refractivity contribution in [3.63, 3.8) is 0 Å². The largest absolute Gasteiger partial charge is 0.458 e. The van der Waals surface area contributed by atoms with Crippen molar-refractivity contribution in [3.05, 3.63) is 48.6 Å². The third-order valence-electron chi connectivity index (χ3n) is 5.47. The summed E-state index contributed by atoms with van der Waals surface area (Å²) >= 11 is 0. The van der Waals surface area contributed by atoms with Gasteiger partial charge in [-0.25, -0.2) is 10.3 Å². The van der Waals surface area contributed by atoms with Crippen molar-refractivity contribution >= 4 is 17.8 Å². The van der Waals surface area contributed by atoms with Crippen LogP contribution in [0.2, 0.25) is 0 Å². The normalized spacial score (nSPS) is 18.4. The van der Waals surface area contributed by atoms with Crippen LogP contribution in [0.15, 0.2) is 43.0 Å². The summed E-state index contributed by atoms with van der Waals surface area (Å²) in [6, 6.07) is 8.42. The van der Waals surface area contributed by atoms with E-state index in [1.54, 1.807) is 5.48 Å². The molecule has 4 atom stereocenters. The Balaban J connectivity index is 2.23. The van der Waals surface area contributed by atoms with Crippen LogP contribution in [-0.2, 0) is 30.3 Å². The molecular weight excluding hydrogens is 412 g/mol. The van der Waals surface area contributed by atoms with Gasteiger partial charge in [-0.2, -0.15) is 0 Å². The molecule has 1 aromatic rings. The van der Waals surface area contributed by atoms with Crippen molar-refractivity contribution in [3.8, 4) is 0 Å². The van der Waals surface area contributed by atoms with Crippen LogP contribution in [0.1, 0.15) is 38.7 Å². The summed E-state index contributed by atoms with van der Waals surface area (Å²) in [6.45, 7) is 8.42. The van der Waals surface area contributed by atoms with E-state index in [-0.39, 0.29) is 24.9 Å². The van der Waals surface area contributed by atoms with E-state index in [2.05, 4.69) is 11.9 Å². The molecule has 0 aromatic heterocycles. The smallest absolute Gasteiger partial charge is 0.329 e. The van der Waals surface area contributed by atoms with Crippen molar-refractivity contribution in [1.82, 2.24) is 10.8 Å². The zero-order valence-electron chi connectivity index (χ0n) is 18.8. The summed E-state index contributed by atoms with van der Waals surface area (Å²) in [5, 5.41) is 12.0. The number of hydrogen-bond donors (Lipinski definition) is 3. The zero-order chi connectivity index (χ0) is 23.5. The van der Waals surface area contributed by atoms with E-state index in [4.69, 9.17) is 14.7 Å². The summed E-state index contributed by atoms with van der Waals surface area (Å²) < 4.78 is 10.8. The molecule has 0 saturated carbocycles. The number of allylic oxidation sites excluding steroid dienone is 1. The third kappa shape index (κ3) is 7.76. The lowest BCUT2D eigenvalue weighted by Gasteiger charge is -2.28. The molecule has 2 rings (SSSR count). The van der Waals surface area contributed by atoms with Crippen LogP contribution in [0.5, 0.6) is 0 Å². The molecule has 8 nitrogen and oxygen atoms in total. The minimum atomic E-state index is -0.915. The molecular formula is C24H34N2O6. The van der Waals surface area contributed by atoms with Crippen LogP contribution >= 0.6 is 0 Å². The van der Waals surface area contributed by atoms with Crippen molar-refractivity contribution < 1.29 is 29.1 Å². The Kier molecular flexibility index (Phi) is 10.4. The van der Waals surface area contributed by atoms with Gasteiger partial charge in [-0.3, -0.25) is 14.8 Å². The number of ether oxygens (including phenoxy) is 2. The molecule has 8 heteroatoms. The van der Waals surface area contributed by atoms with Gasteiger partial charge < -0.3 is 14.8 Å². The van der Waals surface area contributed by atoms with Gasteiger partial charge in [0, 0.05) is 12.8 Å². The quantitative estimate of drug-likeness (QED) is 0.197. The minimum Gasteiger partial charge on any atom is -0.458 e. The molecule has 2 amide bonds. The molecule has 0 radical (unpaired) electrons. The summed E-state index contributed by atoms with van der Waals surface area (Å²) in [4.78, 5) is 38.5. The fraction of sp³-hybridized carbons (Fsp3) is 0.542. The Hall–Kier alpha value is -2.71. The number of carbonyl (C=O) groups is 3. The van der Waals surface area contributed by atoms with Gasteiger partial charge in [0.05, 0.1) is 25.0 Å². The first-order valence-electron chi connectivity index (χ1n) is 11.0. The average molecular weight is 447 g/mol. The Morgan fingerprint density at radius 1 is 1.22 bits per heavy atom. The molecule has 1 aliphatic rings. The second-order valence-electron chi connectivity index (χ2n) is 8.52. The summed E-state index contributed by atoms with van der Waals surface area (Å²) in [7, 11) is 0. The lowest BCUT2D eigenvalue weighted by Crippen LogP contribution is -2.49. The highest BCUT2D eigenvalue weighted by Crippen LogP contribution is 2.25. The standard InChI is InChI=1S/C24H34N2O6/c1-4-8-19(23(28)26-30)20(13-16(2)3)22(27)25-21(14-17-9-6-5-7-10-17)24(29)32-18-11-12-31-15-18/h4-7,9-10,16,18-21,30H,1,8,11-15H2,2-3H3,(H,25,27)(H,26,28)/t18?,19-,20+,21?/m0/s1. The average Bonchev–Trinajstić information content (AvgIpc) is 3.28. The Morgan fingerprint density at radius 3 is 2.50 bits per heavy atom. The minimum absolute atomic E-state index is 0.111. The number of esters is 1. The third-order valence-corrected chi connectivity index (χ3v) is 5.47.